The molecule has 102 valence electrons. The third kappa shape index (κ3) is 2.78. The van der Waals surface area contributed by atoms with Crippen molar-refractivity contribution in [2.75, 3.05) is 33.4 Å². The number of imidazole rings is 1. The lowest BCUT2D eigenvalue weighted by atomic mass is 10.2. The predicted molar refractivity (Wildman–Crippen MR) is 74.1 cm³/mol. The summed E-state index contributed by atoms with van der Waals surface area (Å²) in [5.74, 6) is 0. The van der Waals surface area contributed by atoms with Crippen molar-refractivity contribution in [2.24, 2.45) is 0 Å². The first-order valence-corrected chi connectivity index (χ1v) is 6.76. The van der Waals surface area contributed by atoms with Crippen LogP contribution >= 0.6 is 0 Å². The Hall–Kier alpha value is -1.43. The van der Waals surface area contributed by atoms with Crippen molar-refractivity contribution in [3.05, 3.63) is 36.3 Å². The fourth-order valence-electron chi connectivity index (χ4n) is 2.59. The minimum atomic E-state index is 0.434. The fourth-order valence-corrected chi connectivity index (χ4v) is 2.59. The molecule has 1 saturated heterocycles. The summed E-state index contributed by atoms with van der Waals surface area (Å²) < 4.78 is 7.63. The monoisotopic (exact) mass is 260 g/mol. The molecule has 0 amide bonds. The van der Waals surface area contributed by atoms with Gasteiger partial charge >= 0.3 is 0 Å². The predicted octanol–water partition coefficient (Wildman–Crippen LogP) is 0.754. The number of nitrogens with one attached hydrogen (secondary N) is 1. The van der Waals surface area contributed by atoms with E-state index in [2.05, 4.69) is 25.8 Å². The first-order chi connectivity index (χ1) is 9.36. The van der Waals surface area contributed by atoms with E-state index in [9.17, 15) is 0 Å². The van der Waals surface area contributed by atoms with Crippen molar-refractivity contribution in [1.29, 1.82) is 0 Å². The highest BCUT2D eigenvalue weighted by Crippen LogP contribution is 2.12. The molecule has 0 aliphatic carbocycles. The highest BCUT2D eigenvalue weighted by atomic mass is 16.5. The molecule has 19 heavy (non-hydrogen) atoms. The van der Waals surface area contributed by atoms with Crippen LogP contribution in [0.1, 0.15) is 5.69 Å². The molecule has 1 N–H and O–H groups in total. The molecular formula is C14H20N4O. The number of pyridine rings is 1. The van der Waals surface area contributed by atoms with Gasteiger partial charge in [-0.3, -0.25) is 4.90 Å². The maximum absolute atomic E-state index is 5.55. The van der Waals surface area contributed by atoms with Crippen molar-refractivity contribution < 1.29 is 4.74 Å². The second kappa shape index (κ2) is 5.69. The number of hydrogen-bond donors (Lipinski definition) is 1. The van der Waals surface area contributed by atoms with Gasteiger partial charge in [0, 0.05) is 38.1 Å². The van der Waals surface area contributed by atoms with Gasteiger partial charge in [-0.2, -0.15) is 0 Å². The van der Waals surface area contributed by atoms with Gasteiger partial charge in [0.2, 0.25) is 0 Å². The summed E-state index contributed by atoms with van der Waals surface area (Å²) in [5, 5.41) is 3.23. The Morgan fingerprint density at radius 1 is 1.47 bits per heavy atom. The van der Waals surface area contributed by atoms with Crippen LogP contribution in [0.4, 0.5) is 0 Å². The molecule has 1 aliphatic rings. The normalized spacial score (nSPS) is 21.0. The van der Waals surface area contributed by atoms with Crippen LogP contribution in [0, 0.1) is 0 Å². The fraction of sp³-hybridized carbons (Fsp3) is 0.500. The number of hydrogen-bond acceptors (Lipinski definition) is 4. The van der Waals surface area contributed by atoms with Gasteiger partial charge in [-0.25, -0.2) is 4.98 Å². The van der Waals surface area contributed by atoms with E-state index in [-0.39, 0.29) is 0 Å². The van der Waals surface area contributed by atoms with E-state index in [1.54, 1.807) is 0 Å². The first kappa shape index (κ1) is 12.6. The summed E-state index contributed by atoms with van der Waals surface area (Å²) in [5.41, 5.74) is 2.13. The van der Waals surface area contributed by atoms with Crippen molar-refractivity contribution in [3.63, 3.8) is 0 Å². The number of fused-ring (bicyclic) bond motifs is 1. The lowest BCUT2D eigenvalue weighted by Gasteiger charge is -2.34. The van der Waals surface area contributed by atoms with E-state index in [0.717, 1.165) is 44.2 Å². The van der Waals surface area contributed by atoms with Gasteiger partial charge in [0.1, 0.15) is 5.65 Å². The largest absolute Gasteiger partial charge is 0.378 e. The van der Waals surface area contributed by atoms with E-state index < -0.39 is 0 Å². The molecule has 0 bridgehead atoms. The van der Waals surface area contributed by atoms with E-state index in [1.807, 2.05) is 31.4 Å². The number of ether oxygens (including phenoxy) is 1. The van der Waals surface area contributed by atoms with Crippen LogP contribution in [0.2, 0.25) is 0 Å². The van der Waals surface area contributed by atoms with Crippen LogP contribution in [0.5, 0.6) is 0 Å². The summed E-state index contributed by atoms with van der Waals surface area (Å²) in [6.45, 7) is 4.42. The quantitative estimate of drug-likeness (QED) is 0.881. The zero-order valence-electron chi connectivity index (χ0n) is 11.2. The maximum Gasteiger partial charge on any atom is 0.137 e. The first-order valence-electron chi connectivity index (χ1n) is 6.76. The molecule has 1 atom stereocenters. The van der Waals surface area contributed by atoms with Gasteiger partial charge in [0.15, 0.2) is 0 Å². The zero-order valence-corrected chi connectivity index (χ0v) is 11.2. The minimum Gasteiger partial charge on any atom is -0.378 e. The lowest BCUT2D eigenvalue weighted by molar-refractivity contribution is -0.0108. The van der Waals surface area contributed by atoms with Crippen LogP contribution in [0.3, 0.4) is 0 Å². The molecule has 1 unspecified atom stereocenters. The zero-order chi connectivity index (χ0) is 13.1. The van der Waals surface area contributed by atoms with E-state index in [0.29, 0.717) is 6.04 Å². The molecule has 0 spiro atoms. The molecule has 0 saturated carbocycles. The molecule has 0 radical (unpaired) electrons. The van der Waals surface area contributed by atoms with Crippen LogP contribution in [-0.4, -0.2) is 53.7 Å². The summed E-state index contributed by atoms with van der Waals surface area (Å²) in [6, 6.07) is 6.51. The van der Waals surface area contributed by atoms with E-state index >= 15 is 0 Å². The smallest absolute Gasteiger partial charge is 0.137 e. The average Bonchev–Trinajstić information content (AvgIpc) is 2.83. The van der Waals surface area contributed by atoms with Crippen molar-refractivity contribution in [3.8, 4) is 0 Å². The molecule has 2 aromatic rings. The Kier molecular flexibility index (Phi) is 3.77. The Balaban J connectivity index is 1.75. The van der Waals surface area contributed by atoms with Crippen LogP contribution in [0.25, 0.3) is 5.65 Å². The summed E-state index contributed by atoms with van der Waals surface area (Å²) in [4.78, 5) is 7.11. The Morgan fingerprint density at radius 3 is 3.26 bits per heavy atom. The van der Waals surface area contributed by atoms with Gasteiger partial charge in [-0.1, -0.05) is 6.07 Å². The van der Waals surface area contributed by atoms with Crippen LogP contribution in [0.15, 0.2) is 30.6 Å². The van der Waals surface area contributed by atoms with E-state index in [1.165, 1.54) is 0 Å². The number of likely N-dealkylation sites (N-methyl/N-ethyl adjacent to an activating group) is 1. The minimum absolute atomic E-state index is 0.434. The molecule has 5 nitrogen and oxygen atoms in total. The van der Waals surface area contributed by atoms with Crippen LogP contribution < -0.4 is 5.32 Å². The molecular weight excluding hydrogens is 240 g/mol. The molecule has 3 heterocycles. The molecule has 1 aliphatic heterocycles. The molecule has 5 heteroatoms. The van der Waals surface area contributed by atoms with Gasteiger partial charge in [0.05, 0.1) is 18.9 Å². The van der Waals surface area contributed by atoms with Crippen molar-refractivity contribution in [2.45, 2.75) is 12.6 Å². The second-order valence-electron chi connectivity index (χ2n) is 4.96. The molecule has 0 aromatic carbocycles. The summed E-state index contributed by atoms with van der Waals surface area (Å²) >= 11 is 0. The highest BCUT2D eigenvalue weighted by Gasteiger charge is 2.23. The number of rotatable bonds is 4. The average molecular weight is 260 g/mol. The SMILES string of the molecule is CNCC1COCCN1Cc1cn2ccccc2n1. The Morgan fingerprint density at radius 2 is 2.42 bits per heavy atom. The topological polar surface area (TPSA) is 41.8 Å². The standard InChI is InChI=1S/C14H20N4O/c1-15-8-13-11-19-7-6-17(13)9-12-10-18-5-3-2-4-14(18)16-12/h2-5,10,13,15H,6-9,11H2,1H3. The molecule has 1 fully saturated rings. The lowest BCUT2D eigenvalue weighted by Crippen LogP contribution is -2.49. The summed E-state index contributed by atoms with van der Waals surface area (Å²) in [6.07, 6.45) is 4.15. The van der Waals surface area contributed by atoms with E-state index in [4.69, 9.17) is 4.74 Å². The maximum atomic E-state index is 5.55. The Bertz CT molecular complexity index is 504. The number of nitrogens with zero attached hydrogens (tertiary/aromatic N) is 3. The summed E-state index contributed by atoms with van der Waals surface area (Å²) in [7, 11) is 1.98. The van der Waals surface area contributed by atoms with Crippen molar-refractivity contribution >= 4 is 5.65 Å². The van der Waals surface area contributed by atoms with Gasteiger partial charge in [-0.05, 0) is 19.2 Å². The Labute approximate surface area is 113 Å². The molecule has 3 rings (SSSR count). The van der Waals surface area contributed by atoms with Gasteiger partial charge in [0.25, 0.3) is 0 Å². The number of aromatic nitrogens is 2. The number of morpholine rings is 1. The van der Waals surface area contributed by atoms with Crippen LogP contribution in [-0.2, 0) is 11.3 Å². The highest BCUT2D eigenvalue weighted by molar-refractivity contribution is 5.39. The van der Waals surface area contributed by atoms with Gasteiger partial charge in [-0.15, -0.1) is 0 Å². The van der Waals surface area contributed by atoms with Crippen molar-refractivity contribution in [1.82, 2.24) is 19.6 Å². The second-order valence-corrected chi connectivity index (χ2v) is 4.96. The third-order valence-electron chi connectivity index (χ3n) is 3.57. The third-order valence-corrected chi connectivity index (χ3v) is 3.57. The van der Waals surface area contributed by atoms with Gasteiger partial charge < -0.3 is 14.5 Å². The molecule has 2 aromatic heterocycles.